The summed E-state index contributed by atoms with van der Waals surface area (Å²) >= 11 is 0. The molecular formula is C30H31F2N5O2S. The molecule has 40 heavy (non-hydrogen) atoms. The number of carbonyl (C=O) groups excluding carboxylic acids is 1. The largest absolute Gasteiger partial charge is 0.370 e. The molecule has 1 aromatic heterocycles. The average Bonchev–Trinajstić information content (AvgIpc) is 3.61. The third-order valence-electron chi connectivity index (χ3n) is 8.36. The first-order valence-corrected chi connectivity index (χ1v) is 15.3. The van der Waals surface area contributed by atoms with Crippen molar-refractivity contribution in [1.82, 2.24) is 15.1 Å². The van der Waals surface area contributed by atoms with Gasteiger partial charge in [0.05, 0.1) is 17.5 Å². The number of anilines is 1. The zero-order valence-corrected chi connectivity index (χ0v) is 22.9. The summed E-state index contributed by atoms with van der Waals surface area (Å²) in [7, 11) is -0.759. The van der Waals surface area contributed by atoms with Gasteiger partial charge in [-0.3, -0.25) is 9.00 Å². The Hall–Kier alpha value is -3.58. The Balaban J connectivity index is 1.36. The molecule has 0 bridgehead atoms. The quantitative estimate of drug-likeness (QED) is 0.472. The molecule has 0 spiro atoms. The van der Waals surface area contributed by atoms with E-state index in [1.165, 1.54) is 12.1 Å². The summed E-state index contributed by atoms with van der Waals surface area (Å²) in [5.41, 5.74) is 3.32. The summed E-state index contributed by atoms with van der Waals surface area (Å²) in [6.45, 7) is 1.49. The van der Waals surface area contributed by atoms with E-state index in [9.17, 15) is 23.0 Å². The standard InChI is InChI=1S/C30H31F2N5O2S/c31-21-3-8-24(9-4-21)37-18-27(20-1-6-23(7-2-20)36-13-15-40(39)16-14-36)28(35-37)25-10-5-22(32)17-26(25)29(38)34-30(19-33)11-12-30/h1-4,6-9,18,22,25-26H,5,10-17H2,(H,34,38)/t22-,25+,26?/m0/s1. The van der Waals surface area contributed by atoms with Crippen molar-refractivity contribution in [2.24, 2.45) is 5.92 Å². The lowest BCUT2D eigenvalue weighted by Crippen LogP contribution is -2.44. The molecule has 1 unspecified atom stereocenters. The van der Waals surface area contributed by atoms with E-state index in [0.29, 0.717) is 48.6 Å². The van der Waals surface area contributed by atoms with Crippen LogP contribution in [0.3, 0.4) is 0 Å². The van der Waals surface area contributed by atoms with Crippen LogP contribution in [0.1, 0.15) is 43.7 Å². The van der Waals surface area contributed by atoms with E-state index < -0.39 is 28.4 Å². The highest BCUT2D eigenvalue weighted by atomic mass is 32.2. The van der Waals surface area contributed by atoms with Gasteiger partial charge in [0.2, 0.25) is 5.91 Å². The van der Waals surface area contributed by atoms with Gasteiger partial charge >= 0.3 is 0 Å². The topological polar surface area (TPSA) is 91.0 Å². The molecule has 2 aromatic carbocycles. The van der Waals surface area contributed by atoms with E-state index in [1.54, 1.807) is 16.8 Å². The molecular weight excluding hydrogens is 532 g/mol. The molecule has 1 aliphatic heterocycles. The van der Waals surface area contributed by atoms with Crippen LogP contribution < -0.4 is 10.2 Å². The molecule has 0 radical (unpaired) electrons. The van der Waals surface area contributed by atoms with Crippen LogP contribution in [0.5, 0.6) is 0 Å². The van der Waals surface area contributed by atoms with Gasteiger partial charge in [-0.05, 0) is 74.1 Å². The second-order valence-electron chi connectivity index (χ2n) is 11.0. The van der Waals surface area contributed by atoms with Crippen LogP contribution in [-0.4, -0.2) is 56.2 Å². The molecule has 6 rings (SSSR count). The number of benzene rings is 2. The van der Waals surface area contributed by atoms with Crippen molar-refractivity contribution in [3.05, 3.63) is 66.2 Å². The highest BCUT2D eigenvalue weighted by Gasteiger charge is 2.48. The fraction of sp³-hybridized carbons (Fsp3) is 0.433. The third-order valence-corrected chi connectivity index (χ3v) is 9.63. The van der Waals surface area contributed by atoms with Gasteiger partial charge in [-0.25, -0.2) is 13.5 Å². The SMILES string of the molecule is N#CC1(NC(=O)C2C[C@@H](F)CC[C@H]2c2nn(-c3ccc(F)cc3)cc2-c2ccc(N3CCS(=O)CC3)cc2)CC1. The van der Waals surface area contributed by atoms with Gasteiger partial charge in [0.1, 0.15) is 17.5 Å². The van der Waals surface area contributed by atoms with Crippen molar-refractivity contribution in [3.63, 3.8) is 0 Å². The zero-order chi connectivity index (χ0) is 27.9. The van der Waals surface area contributed by atoms with Gasteiger partial charge in [0.25, 0.3) is 0 Å². The first-order chi connectivity index (χ1) is 19.3. The third kappa shape index (κ3) is 5.39. The second-order valence-corrected chi connectivity index (χ2v) is 12.7. The van der Waals surface area contributed by atoms with E-state index >= 15 is 0 Å². The molecule has 3 aromatic rings. The Bertz CT molecular complexity index is 1450. The lowest BCUT2D eigenvalue weighted by Gasteiger charge is -2.32. The number of hydrogen-bond donors (Lipinski definition) is 1. The Morgan fingerprint density at radius 2 is 1.73 bits per heavy atom. The molecule has 1 saturated heterocycles. The van der Waals surface area contributed by atoms with Crippen LogP contribution in [-0.2, 0) is 15.6 Å². The van der Waals surface area contributed by atoms with Crippen molar-refractivity contribution in [2.75, 3.05) is 29.5 Å². The van der Waals surface area contributed by atoms with Crippen LogP contribution >= 0.6 is 0 Å². The number of nitrogens with one attached hydrogen (secondary N) is 1. The molecule has 1 N–H and O–H groups in total. The molecule has 2 heterocycles. The molecule has 10 heteroatoms. The number of amides is 1. The number of nitriles is 1. The van der Waals surface area contributed by atoms with E-state index in [0.717, 1.165) is 29.9 Å². The summed E-state index contributed by atoms with van der Waals surface area (Å²) in [5.74, 6) is -0.327. The Kier molecular flexibility index (Phi) is 7.17. The molecule has 208 valence electrons. The molecule has 3 atom stereocenters. The Labute approximate surface area is 234 Å². The summed E-state index contributed by atoms with van der Waals surface area (Å²) in [6.07, 6.45) is 2.87. The van der Waals surface area contributed by atoms with Crippen LogP contribution in [0.4, 0.5) is 14.5 Å². The van der Waals surface area contributed by atoms with Crippen molar-refractivity contribution >= 4 is 22.4 Å². The normalized spacial score (nSPS) is 24.3. The van der Waals surface area contributed by atoms with Crippen LogP contribution in [0.15, 0.2) is 54.7 Å². The predicted molar refractivity (Wildman–Crippen MR) is 150 cm³/mol. The second kappa shape index (κ2) is 10.8. The summed E-state index contributed by atoms with van der Waals surface area (Å²) in [4.78, 5) is 15.6. The number of nitrogens with zero attached hydrogens (tertiary/aromatic N) is 4. The van der Waals surface area contributed by atoms with E-state index in [2.05, 4.69) is 16.3 Å². The summed E-state index contributed by atoms with van der Waals surface area (Å²) in [6, 6.07) is 16.3. The maximum atomic E-state index is 14.7. The summed E-state index contributed by atoms with van der Waals surface area (Å²) in [5, 5.41) is 17.3. The Morgan fingerprint density at radius 1 is 1.05 bits per heavy atom. The average molecular weight is 564 g/mol. The van der Waals surface area contributed by atoms with Gasteiger partial charge in [-0.1, -0.05) is 12.1 Å². The van der Waals surface area contributed by atoms with Crippen LogP contribution in [0.25, 0.3) is 16.8 Å². The van der Waals surface area contributed by atoms with Gasteiger partial charge in [0.15, 0.2) is 0 Å². The van der Waals surface area contributed by atoms with Crippen molar-refractivity contribution in [1.29, 1.82) is 5.26 Å². The molecule has 2 saturated carbocycles. The minimum absolute atomic E-state index is 0.0795. The highest BCUT2D eigenvalue weighted by molar-refractivity contribution is 7.85. The molecule has 1 amide bonds. The van der Waals surface area contributed by atoms with Gasteiger partial charge in [-0.15, -0.1) is 0 Å². The van der Waals surface area contributed by atoms with E-state index in [4.69, 9.17) is 5.10 Å². The smallest absolute Gasteiger partial charge is 0.225 e. The number of halogens is 2. The monoisotopic (exact) mass is 563 g/mol. The maximum absolute atomic E-state index is 14.7. The molecule has 2 aliphatic carbocycles. The van der Waals surface area contributed by atoms with Gasteiger partial charge in [-0.2, -0.15) is 10.4 Å². The first-order valence-electron chi connectivity index (χ1n) is 13.8. The van der Waals surface area contributed by atoms with E-state index in [-0.39, 0.29) is 24.1 Å². The zero-order valence-electron chi connectivity index (χ0n) is 22.1. The molecule has 7 nitrogen and oxygen atoms in total. The first kappa shape index (κ1) is 26.6. The number of carbonyl (C=O) groups is 1. The number of rotatable bonds is 6. The number of hydrogen-bond acceptors (Lipinski definition) is 5. The Morgan fingerprint density at radius 3 is 2.38 bits per heavy atom. The van der Waals surface area contributed by atoms with Crippen molar-refractivity contribution in [3.8, 4) is 22.9 Å². The van der Waals surface area contributed by atoms with E-state index in [1.807, 2.05) is 30.5 Å². The minimum atomic E-state index is -1.09. The minimum Gasteiger partial charge on any atom is -0.370 e. The predicted octanol–water partition coefficient (Wildman–Crippen LogP) is 4.64. The van der Waals surface area contributed by atoms with Crippen LogP contribution in [0, 0.1) is 23.1 Å². The lowest BCUT2D eigenvalue weighted by molar-refractivity contribution is -0.128. The molecule has 3 aliphatic rings. The molecule has 3 fully saturated rings. The lowest BCUT2D eigenvalue weighted by atomic mass is 9.74. The fourth-order valence-electron chi connectivity index (χ4n) is 5.81. The fourth-order valence-corrected chi connectivity index (χ4v) is 6.86. The van der Waals surface area contributed by atoms with Crippen molar-refractivity contribution in [2.45, 2.75) is 49.7 Å². The number of alkyl halides is 1. The van der Waals surface area contributed by atoms with Crippen molar-refractivity contribution < 1.29 is 17.8 Å². The number of aromatic nitrogens is 2. The summed E-state index contributed by atoms with van der Waals surface area (Å²) < 4.78 is 41.8. The van der Waals surface area contributed by atoms with Gasteiger partial charge in [0, 0.05) is 64.7 Å². The van der Waals surface area contributed by atoms with Gasteiger partial charge < -0.3 is 10.2 Å². The highest BCUT2D eigenvalue weighted by Crippen LogP contribution is 2.44. The maximum Gasteiger partial charge on any atom is 0.225 e. The van der Waals surface area contributed by atoms with Crippen LogP contribution in [0.2, 0.25) is 0 Å².